The molecule has 0 aromatic rings. The Morgan fingerprint density at radius 3 is 0.727 bits per heavy atom. The summed E-state index contributed by atoms with van der Waals surface area (Å²) in [5.74, 6) is 0. The molecule has 10 nitrogen and oxygen atoms in total. The van der Waals surface area contributed by atoms with Gasteiger partial charge in [0.1, 0.15) is 0 Å². The summed E-state index contributed by atoms with van der Waals surface area (Å²) in [5, 5.41) is 18.0. The standard InChI is InChI=1S/2HNO2.4H2N.Pd/c2*2-1-3;;;;;/h2*(H,2,3);4*1H2;/q;;4*-1;+2/p-2. The molecule has 0 atom stereocenters. The molecular formula is H8N6O4Pd-4. The van der Waals surface area contributed by atoms with E-state index in [2.05, 4.69) is 0 Å². The molecular weight excluding hydrogens is 254 g/mol. The number of rotatable bonds is 0. The van der Waals surface area contributed by atoms with Gasteiger partial charge >= 0.3 is 20.4 Å². The molecule has 0 amide bonds. The monoisotopic (exact) mass is 262 g/mol. The summed E-state index contributed by atoms with van der Waals surface area (Å²) < 4.78 is 0. The van der Waals surface area contributed by atoms with Crippen molar-refractivity contribution in [3.05, 3.63) is 44.8 Å². The van der Waals surface area contributed by atoms with Crippen molar-refractivity contribution in [2.24, 2.45) is 10.7 Å². The van der Waals surface area contributed by atoms with Crippen molar-refractivity contribution in [2.45, 2.75) is 0 Å². The van der Waals surface area contributed by atoms with Crippen LogP contribution in [0.25, 0.3) is 24.6 Å². The van der Waals surface area contributed by atoms with Crippen LogP contribution in [0.15, 0.2) is 10.7 Å². The summed E-state index contributed by atoms with van der Waals surface area (Å²) in [6.07, 6.45) is 0. The Hall–Kier alpha value is -0.698. The van der Waals surface area contributed by atoms with Crippen molar-refractivity contribution in [1.29, 1.82) is 0 Å². The van der Waals surface area contributed by atoms with E-state index in [9.17, 15) is 0 Å². The molecule has 0 rings (SSSR count). The minimum Gasteiger partial charge on any atom is -0.693 e. The Kier molecular flexibility index (Phi) is 2810. The van der Waals surface area contributed by atoms with Crippen LogP contribution in [0.1, 0.15) is 0 Å². The maximum atomic E-state index is 8.00. The predicted molar refractivity (Wildman–Crippen MR) is 39.5 cm³/mol. The molecule has 11 heteroatoms. The maximum absolute atomic E-state index is 8.00. The molecule has 0 heterocycles. The molecule has 0 bridgehead atoms. The number of nitrogens with zero attached hydrogens (tertiary/aromatic N) is 2. The van der Waals surface area contributed by atoms with Gasteiger partial charge in [0.25, 0.3) is 0 Å². The third-order valence-corrected chi connectivity index (χ3v) is 0. The molecule has 0 aliphatic heterocycles. The van der Waals surface area contributed by atoms with Crippen molar-refractivity contribution in [3.63, 3.8) is 0 Å². The van der Waals surface area contributed by atoms with Gasteiger partial charge in [-0.2, -0.15) is 0 Å². The van der Waals surface area contributed by atoms with Crippen molar-refractivity contribution in [3.8, 4) is 0 Å². The van der Waals surface area contributed by atoms with E-state index in [4.69, 9.17) is 20.2 Å². The van der Waals surface area contributed by atoms with Crippen LogP contribution in [0.3, 0.4) is 0 Å². The van der Waals surface area contributed by atoms with Crippen molar-refractivity contribution >= 4 is 0 Å². The molecule has 0 saturated heterocycles. The molecule has 8 N–H and O–H groups in total. The summed E-state index contributed by atoms with van der Waals surface area (Å²) in [5.41, 5.74) is 0. The second-order valence-corrected chi connectivity index (χ2v) is 0.149. The quantitative estimate of drug-likeness (QED) is 0.361. The van der Waals surface area contributed by atoms with E-state index in [1.165, 1.54) is 0 Å². The summed E-state index contributed by atoms with van der Waals surface area (Å²) in [4.78, 5) is 16.0. The van der Waals surface area contributed by atoms with E-state index < -0.39 is 0 Å². The summed E-state index contributed by atoms with van der Waals surface area (Å²) in [6.45, 7) is 0. The average molecular weight is 263 g/mol. The van der Waals surface area contributed by atoms with Crippen LogP contribution in [0.2, 0.25) is 0 Å². The smallest absolute Gasteiger partial charge is 0.693 e. The van der Waals surface area contributed by atoms with Crippen molar-refractivity contribution < 1.29 is 20.4 Å². The Morgan fingerprint density at radius 1 is 0.727 bits per heavy atom. The Balaban J connectivity index is -0.00000000400. The third-order valence-electron chi connectivity index (χ3n) is 0. The zero-order valence-corrected chi connectivity index (χ0v) is 6.71. The van der Waals surface area contributed by atoms with Crippen LogP contribution in [-0.2, 0) is 20.4 Å². The van der Waals surface area contributed by atoms with Gasteiger partial charge in [-0.3, -0.25) is 0 Å². The Bertz CT molecular complexity index is 35.6. The van der Waals surface area contributed by atoms with E-state index in [1.54, 1.807) is 0 Å². The van der Waals surface area contributed by atoms with E-state index in [0.29, 0.717) is 0 Å². The van der Waals surface area contributed by atoms with E-state index in [-0.39, 0.29) is 45.0 Å². The van der Waals surface area contributed by atoms with Crippen molar-refractivity contribution in [2.75, 3.05) is 0 Å². The minimum atomic E-state index is 0. The largest absolute Gasteiger partial charge is 2.00 e. The first-order valence-electron chi connectivity index (χ1n) is 0.730. The van der Waals surface area contributed by atoms with Gasteiger partial charge in [-0.1, -0.05) is 0 Å². The van der Waals surface area contributed by atoms with Gasteiger partial charge < -0.3 is 44.8 Å². The first-order chi connectivity index (χ1) is 2.83. The average Bonchev–Trinajstić information content (AvgIpc) is 1.39. The van der Waals surface area contributed by atoms with Gasteiger partial charge in [0.2, 0.25) is 0 Å². The summed E-state index contributed by atoms with van der Waals surface area (Å²) >= 11 is 0. The van der Waals surface area contributed by atoms with E-state index >= 15 is 0 Å². The van der Waals surface area contributed by atoms with Gasteiger partial charge in [0, 0.05) is 0 Å². The van der Waals surface area contributed by atoms with Crippen LogP contribution >= 0.6 is 0 Å². The van der Waals surface area contributed by atoms with Crippen LogP contribution in [0.5, 0.6) is 0 Å². The molecule has 0 radical (unpaired) electrons. The maximum Gasteiger partial charge on any atom is 2.00 e. The van der Waals surface area contributed by atoms with Crippen molar-refractivity contribution in [1.82, 2.24) is 0 Å². The topological polar surface area (TPSA) is 239 Å². The van der Waals surface area contributed by atoms with Crippen LogP contribution in [0.4, 0.5) is 0 Å². The molecule has 0 unspecified atom stereocenters. The van der Waals surface area contributed by atoms with Gasteiger partial charge in [-0.15, -0.1) is 10.7 Å². The van der Waals surface area contributed by atoms with Crippen LogP contribution in [-0.4, -0.2) is 0 Å². The van der Waals surface area contributed by atoms with E-state index in [0.717, 1.165) is 10.7 Å². The van der Waals surface area contributed by atoms with E-state index in [1.807, 2.05) is 0 Å². The Morgan fingerprint density at radius 2 is 0.727 bits per heavy atom. The number of nitrogens with two attached hydrogens (primary N) is 4. The van der Waals surface area contributed by atoms with Gasteiger partial charge in [0.05, 0.1) is 0 Å². The zero-order valence-electron chi connectivity index (χ0n) is 5.15. The molecule has 0 fully saturated rings. The first-order valence-corrected chi connectivity index (χ1v) is 0.730. The SMILES string of the molecule is O=N[O-].O=N[O-].[NH2-].[NH2-].[NH2-].[NH2-].[Pd+2]. The molecule has 76 valence electrons. The fourth-order valence-electron chi connectivity index (χ4n) is 0. The fourth-order valence-corrected chi connectivity index (χ4v) is 0. The zero-order chi connectivity index (χ0) is 5.41. The molecule has 0 spiro atoms. The van der Waals surface area contributed by atoms with Crippen LogP contribution < -0.4 is 0 Å². The molecule has 0 aliphatic rings. The molecule has 0 aromatic heterocycles. The number of hydrogen-bond acceptors (Lipinski definition) is 6. The Labute approximate surface area is 76.6 Å². The third kappa shape index (κ3) is 1020. The first kappa shape index (κ1) is 81.7. The number of hydrogen-bond donors (Lipinski definition) is 0. The second-order valence-electron chi connectivity index (χ2n) is 0.149. The normalized spacial score (nSPS) is 2.18. The van der Waals surface area contributed by atoms with Gasteiger partial charge in [-0.05, 0) is 0 Å². The molecule has 0 aromatic carbocycles. The summed E-state index contributed by atoms with van der Waals surface area (Å²) in [7, 11) is 0. The second kappa shape index (κ2) is 378. The predicted octanol–water partition coefficient (Wildman–Crippen LogP) is 3.37. The molecule has 0 aliphatic carbocycles. The fraction of sp³-hybridized carbons (Fsp3) is 0. The summed E-state index contributed by atoms with van der Waals surface area (Å²) in [6, 6.07) is 0. The van der Waals surface area contributed by atoms with Gasteiger partial charge in [0.15, 0.2) is 0 Å². The minimum absolute atomic E-state index is 0. The van der Waals surface area contributed by atoms with Gasteiger partial charge in [-0.25, -0.2) is 0 Å². The molecule has 11 heavy (non-hydrogen) atoms. The van der Waals surface area contributed by atoms with Crippen LogP contribution in [0, 0.1) is 20.2 Å². The molecule has 0 saturated carbocycles.